The fourth-order valence-corrected chi connectivity index (χ4v) is 5.68. The van der Waals surface area contributed by atoms with Gasteiger partial charge in [0.25, 0.3) is 0 Å². The second kappa shape index (κ2) is 12.1. The van der Waals surface area contributed by atoms with Crippen LogP contribution in [0.3, 0.4) is 0 Å². The van der Waals surface area contributed by atoms with Gasteiger partial charge in [0.15, 0.2) is 0 Å². The van der Waals surface area contributed by atoms with Crippen molar-refractivity contribution in [3.8, 4) is 23.9 Å². The van der Waals surface area contributed by atoms with Crippen molar-refractivity contribution in [1.29, 1.82) is 0 Å². The van der Waals surface area contributed by atoms with Crippen molar-refractivity contribution in [1.82, 2.24) is 10.9 Å². The van der Waals surface area contributed by atoms with E-state index in [2.05, 4.69) is 106 Å². The summed E-state index contributed by atoms with van der Waals surface area (Å²) in [5, 5.41) is 7.84. The third-order valence-electron chi connectivity index (χ3n) is 5.51. The van der Waals surface area contributed by atoms with Crippen molar-refractivity contribution < 1.29 is 9.16 Å². The first kappa shape index (κ1) is 23.9. The molecule has 0 aromatic heterocycles. The van der Waals surface area contributed by atoms with E-state index < -0.39 is 36.6 Å². The van der Waals surface area contributed by atoms with E-state index in [1.165, 1.54) is 0 Å². The number of halogens is 2. The fraction of sp³-hybridized carbons (Fsp3) is 0. The predicted octanol–water partition coefficient (Wildman–Crippen LogP) is 8.07. The van der Waals surface area contributed by atoms with Crippen molar-refractivity contribution in [3.05, 3.63) is 83.9 Å². The molecule has 0 spiro atoms. The molecule has 0 aliphatic rings. The maximum atomic E-state index is 8.09. The molecular formula is C26H20I2N2O2P2S2. The zero-order chi connectivity index (χ0) is 26.8. The van der Waals surface area contributed by atoms with Crippen LogP contribution in [0.15, 0.2) is 72.8 Å². The van der Waals surface area contributed by atoms with Gasteiger partial charge in [-0.15, -0.1) is 0 Å². The van der Waals surface area contributed by atoms with Crippen LogP contribution in [0.5, 0.6) is 0 Å². The van der Waals surface area contributed by atoms with Gasteiger partial charge < -0.3 is 0 Å². The van der Waals surface area contributed by atoms with E-state index in [0.717, 1.165) is 65.2 Å². The molecule has 36 heavy (non-hydrogen) atoms. The molecule has 0 radical (unpaired) electrons. The Morgan fingerprint density at radius 3 is 1.22 bits per heavy atom. The summed E-state index contributed by atoms with van der Waals surface area (Å²) in [6.45, 7) is 5.03. The number of fused-ring (bicyclic) bond motifs is 4. The summed E-state index contributed by atoms with van der Waals surface area (Å²) in [6.07, 6.45) is 0. The molecule has 2 N–H and O–H groups in total. The van der Waals surface area contributed by atoms with Crippen LogP contribution in [-0.2, 0) is 6.33 Å². The van der Waals surface area contributed by atoms with Gasteiger partial charge in [0.1, 0.15) is 0 Å². The van der Waals surface area contributed by atoms with E-state index in [0.29, 0.717) is 0 Å². The Morgan fingerprint density at radius 1 is 0.639 bits per heavy atom. The zero-order valence-electron chi connectivity index (χ0n) is 20.4. The first-order valence-electron chi connectivity index (χ1n) is 11.3. The van der Waals surface area contributed by atoms with Gasteiger partial charge in [-0.3, -0.25) is 0 Å². The first-order valence-corrected chi connectivity index (χ1v) is 26.9. The molecular weight excluding hydrogens is 752 g/mol. The molecule has 0 aliphatic heterocycles. The summed E-state index contributed by atoms with van der Waals surface area (Å²) in [6, 6.07) is 30.3. The molecule has 0 amide bonds. The minimum absolute atomic E-state index is 0.772. The molecule has 0 fully saturated rings. The van der Waals surface area contributed by atoms with Crippen LogP contribution in [-0.4, -0.2) is 0 Å². The minimum atomic E-state index is -2.03. The van der Waals surface area contributed by atoms with E-state index in [1.807, 2.05) is 24.3 Å². The van der Waals surface area contributed by atoms with Gasteiger partial charge in [0, 0.05) is 0 Å². The van der Waals surface area contributed by atoms with Crippen molar-refractivity contribution in [2.45, 2.75) is 0 Å². The van der Waals surface area contributed by atoms with E-state index in [1.54, 1.807) is 0 Å². The second-order valence-electron chi connectivity index (χ2n) is 7.55. The summed E-state index contributed by atoms with van der Waals surface area (Å²) in [4.78, 5) is 0. The third kappa shape index (κ3) is 5.93. The average Bonchev–Trinajstić information content (AvgIpc) is 2.87. The van der Waals surface area contributed by atoms with Crippen LogP contribution < -0.4 is 10.9 Å². The molecule has 0 heterocycles. The third-order valence-corrected chi connectivity index (χ3v) is 8.61. The Labute approximate surface area is 238 Å². The zero-order valence-corrected chi connectivity index (χ0v) is 26.9. The summed E-state index contributed by atoms with van der Waals surface area (Å²) in [5.41, 5.74) is 3.12. The maximum absolute atomic E-state index is 8.09. The van der Waals surface area contributed by atoms with Gasteiger partial charge in [0.2, 0.25) is 0 Å². The standard InChI is InChI=1S/C26H20I2N2O2P2S2/c33-27(35)31-29-11-9-21-23-13-17-5-1-2-6-18(17)14-24(23)22(10-12-30-32-28(34)36)26-16-20-8-4-3-7-19(20)15-25(21)26/h1-8,13-16,29-30,35-36H,33-34H2/i/hD2. The van der Waals surface area contributed by atoms with Crippen LogP contribution in [0.25, 0.3) is 43.1 Å². The summed E-state index contributed by atoms with van der Waals surface area (Å²) < 4.78 is 27.0. The van der Waals surface area contributed by atoms with Crippen LogP contribution in [0.2, 0.25) is 2.82 Å². The molecule has 0 bridgehead atoms. The van der Waals surface area contributed by atoms with Gasteiger partial charge in [0.05, 0.1) is 0 Å². The van der Waals surface area contributed by atoms with Gasteiger partial charge in [-0.25, -0.2) is 0 Å². The van der Waals surface area contributed by atoms with Gasteiger partial charge in [-0.2, -0.15) is 0 Å². The van der Waals surface area contributed by atoms with E-state index in [-0.39, 0.29) is 0 Å². The number of nitrogens with one attached hydrogen (secondary N) is 2. The number of thiol groups is 2. The Hall–Kier alpha value is -1.20. The van der Waals surface area contributed by atoms with Gasteiger partial charge in [-0.1, -0.05) is 0 Å². The Bertz CT molecular complexity index is 1600. The predicted molar refractivity (Wildman–Crippen MR) is 184 cm³/mol. The Morgan fingerprint density at radius 2 is 0.944 bits per heavy atom. The fourth-order valence-electron chi connectivity index (χ4n) is 4.13. The van der Waals surface area contributed by atoms with Crippen LogP contribution in [0.1, 0.15) is 11.1 Å². The molecule has 10 heteroatoms. The Balaban J connectivity index is 1.89. The van der Waals surface area contributed by atoms with Crippen molar-refractivity contribution in [2.75, 3.05) is 0 Å². The molecule has 5 rings (SSSR count). The number of rotatable bonds is 4. The summed E-state index contributed by atoms with van der Waals surface area (Å²) >= 11 is -4.07. The van der Waals surface area contributed by atoms with Gasteiger partial charge in [-0.05, 0) is 0 Å². The molecule has 0 saturated heterocycles. The normalized spacial score (nSPS) is 12.3. The topological polar surface area (TPSA) is 42.5 Å². The second-order valence-corrected chi connectivity index (χ2v) is 26.0. The Kier molecular flexibility index (Phi) is 8.03. The van der Waals surface area contributed by atoms with Crippen molar-refractivity contribution >= 4 is 113 Å². The molecule has 4 nitrogen and oxygen atoms in total. The molecule has 5 aromatic rings. The molecule has 0 aliphatic carbocycles. The molecule has 2 atom stereocenters. The average molecular weight is 774 g/mol. The van der Waals surface area contributed by atoms with E-state index in [9.17, 15) is 0 Å². The van der Waals surface area contributed by atoms with Crippen LogP contribution in [0.4, 0.5) is 0 Å². The molecule has 0 saturated carbocycles. The molecule has 2 unspecified atom stereocenters. The number of hydrogen-bond acceptors (Lipinski definition) is 6. The van der Waals surface area contributed by atoms with Crippen LogP contribution in [0, 0.1) is 23.9 Å². The monoisotopic (exact) mass is 774 g/mol. The molecule has 5 aromatic carbocycles. The van der Waals surface area contributed by atoms with E-state index in [4.69, 9.17) is 9.16 Å². The van der Waals surface area contributed by atoms with Crippen molar-refractivity contribution in [2.24, 2.45) is 0 Å². The van der Waals surface area contributed by atoms with Crippen LogP contribution >= 0.6 is 70.0 Å². The van der Waals surface area contributed by atoms with E-state index >= 15 is 0 Å². The number of benzene rings is 5. The quantitative estimate of drug-likeness (QED) is 0.0284. The number of hydrogen-bond donors (Lipinski definition) is 4. The molecule has 182 valence electrons. The SMILES string of the molecule is [2H]N(C#Cc1c2cc3ccccc3cc2c(C#CN([2H])OI(P)S)c2cc3ccccc3cc12)OI(P)S. The van der Waals surface area contributed by atoms with Crippen molar-refractivity contribution in [3.63, 3.8) is 0 Å². The summed E-state index contributed by atoms with van der Waals surface area (Å²) in [5.74, 6) is 6.40. The number of hydroxylamine groups is 2. The van der Waals surface area contributed by atoms with Gasteiger partial charge >= 0.3 is 241 Å². The first-order chi connectivity index (χ1) is 18.3. The summed E-state index contributed by atoms with van der Waals surface area (Å²) in [7, 11) is 8.62.